The van der Waals surface area contributed by atoms with Gasteiger partial charge in [-0.2, -0.15) is 0 Å². The summed E-state index contributed by atoms with van der Waals surface area (Å²) in [6, 6.07) is 7.88. The van der Waals surface area contributed by atoms with Crippen LogP contribution in [0, 0.1) is 0 Å². The Labute approximate surface area is 140 Å². The van der Waals surface area contributed by atoms with Gasteiger partial charge in [-0.15, -0.1) is 24.8 Å². The molecule has 0 amide bonds. The van der Waals surface area contributed by atoms with Crippen molar-refractivity contribution in [1.29, 1.82) is 0 Å². The number of benzene rings is 1. The number of unbranched alkanes of at least 4 members (excludes halogenated alkanes) is 3. The quantitative estimate of drug-likeness (QED) is 0.541. The summed E-state index contributed by atoms with van der Waals surface area (Å²) in [6.07, 6.45) is 5.82. The number of halogens is 3. The highest BCUT2D eigenvalue weighted by Gasteiger charge is 1.99. The average molecular weight is 340 g/mol. The van der Waals surface area contributed by atoms with Gasteiger partial charge in [0.15, 0.2) is 0 Å². The lowest BCUT2D eigenvalue weighted by atomic mass is 10.1. The summed E-state index contributed by atoms with van der Waals surface area (Å²) in [7, 11) is 0. The molecule has 1 aromatic carbocycles. The molecular weight excluding hydrogens is 315 g/mol. The van der Waals surface area contributed by atoms with Gasteiger partial charge in [0.25, 0.3) is 0 Å². The molecule has 0 spiro atoms. The molecule has 116 valence electrons. The molecule has 0 radical (unpaired) electrons. The first-order valence-corrected chi connectivity index (χ1v) is 7.10. The molecule has 0 saturated heterocycles. The molecule has 0 aliphatic heterocycles. The minimum atomic E-state index is 0. The second-order valence-corrected chi connectivity index (χ2v) is 4.95. The number of aliphatic imine (C=N–C) groups is 1. The number of hydrogen-bond donors (Lipinski definition) is 1. The molecule has 2 N–H and O–H groups in total. The van der Waals surface area contributed by atoms with Gasteiger partial charge in [-0.05, 0) is 24.1 Å². The van der Waals surface area contributed by atoms with Crippen molar-refractivity contribution in [2.45, 2.75) is 39.0 Å². The minimum Gasteiger partial charge on any atom is -0.325 e. The predicted molar refractivity (Wildman–Crippen MR) is 95.2 cm³/mol. The van der Waals surface area contributed by atoms with E-state index in [0.29, 0.717) is 6.54 Å². The van der Waals surface area contributed by atoms with E-state index in [1.54, 1.807) is 0 Å². The van der Waals surface area contributed by atoms with Crippen LogP contribution in [0.3, 0.4) is 0 Å². The van der Waals surface area contributed by atoms with Gasteiger partial charge in [-0.1, -0.05) is 49.9 Å². The van der Waals surface area contributed by atoms with E-state index >= 15 is 0 Å². The standard InChI is InChI=1S/C15H23ClN2.2ClH/c1-2-3-4-5-10-18-15(12-17)11-13-6-8-14(16)9-7-13;;/h6-9H,2-5,10-12,17H2,1H3;2*1H. The lowest BCUT2D eigenvalue weighted by molar-refractivity contribution is 0.674. The fraction of sp³-hybridized carbons (Fsp3) is 0.533. The first-order chi connectivity index (χ1) is 8.76. The Bertz CT molecular complexity index is 364. The normalized spacial score (nSPS) is 10.7. The van der Waals surface area contributed by atoms with E-state index < -0.39 is 0 Å². The van der Waals surface area contributed by atoms with Gasteiger partial charge in [0.05, 0.1) is 0 Å². The van der Waals surface area contributed by atoms with Crippen molar-refractivity contribution in [3.05, 3.63) is 34.9 Å². The van der Waals surface area contributed by atoms with E-state index in [4.69, 9.17) is 17.3 Å². The van der Waals surface area contributed by atoms with E-state index in [1.165, 1.54) is 24.8 Å². The number of hydrogen-bond acceptors (Lipinski definition) is 2. The Morgan fingerprint density at radius 1 is 1.10 bits per heavy atom. The van der Waals surface area contributed by atoms with Crippen LogP contribution in [0.25, 0.3) is 0 Å². The van der Waals surface area contributed by atoms with Crippen molar-refractivity contribution in [3.8, 4) is 0 Å². The summed E-state index contributed by atoms with van der Waals surface area (Å²) < 4.78 is 0. The summed E-state index contributed by atoms with van der Waals surface area (Å²) >= 11 is 5.86. The summed E-state index contributed by atoms with van der Waals surface area (Å²) in [5.41, 5.74) is 8.03. The fourth-order valence-corrected chi connectivity index (χ4v) is 1.93. The summed E-state index contributed by atoms with van der Waals surface area (Å²) in [4.78, 5) is 4.59. The van der Waals surface area contributed by atoms with Gasteiger partial charge in [-0.25, -0.2) is 0 Å². The zero-order valence-electron chi connectivity index (χ0n) is 12.0. The minimum absolute atomic E-state index is 0. The van der Waals surface area contributed by atoms with Crippen LogP contribution in [0.1, 0.15) is 38.2 Å². The molecule has 0 aliphatic rings. The van der Waals surface area contributed by atoms with Crippen molar-refractivity contribution >= 4 is 42.1 Å². The van der Waals surface area contributed by atoms with Crippen LogP contribution in [0.15, 0.2) is 29.3 Å². The number of nitrogens with two attached hydrogens (primary N) is 1. The zero-order chi connectivity index (χ0) is 13.2. The third-order valence-electron chi connectivity index (χ3n) is 2.90. The van der Waals surface area contributed by atoms with Gasteiger partial charge in [-0.3, -0.25) is 4.99 Å². The Morgan fingerprint density at radius 3 is 2.30 bits per heavy atom. The highest BCUT2D eigenvalue weighted by molar-refractivity contribution is 6.30. The molecule has 0 bridgehead atoms. The Morgan fingerprint density at radius 2 is 1.75 bits per heavy atom. The molecule has 0 aromatic heterocycles. The molecule has 20 heavy (non-hydrogen) atoms. The highest BCUT2D eigenvalue weighted by atomic mass is 35.5. The second-order valence-electron chi connectivity index (χ2n) is 4.52. The molecule has 0 fully saturated rings. The maximum absolute atomic E-state index is 5.86. The van der Waals surface area contributed by atoms with Crippen LogP contribution in [0.5, 0.6) is 0 Å². The van der Waals surface area contributed by atoms with Gasteiger partial charge in [0.1, 0.15) is 0 Å². The van der Waals surface area contributed by atoms with E-state index in [9.17, 15) is 0 Å². The third kappa shape index (κ3) is 9.60. The Hall–Kier alpha value is -0.280. The third-order valence-corrected chi connectivity index (χ3v) is 3.16. The zero-order valence-corrected chi connectivity index (χ0v) is 14.4. The fourth-order valence-electron chi connectivity index (χ4n) is 1.81. The van der Waals surface area contributed by atoms with Crippen LogP contribution in [0.2, 0.25) is 5.02 Å². The molecular formula is C15H25Cl3N2. The maximum Gasteiger partial charge on any atom is 0.0406 e. The molecule has 2 nitrogen and oxygen atoms in total. The van der Waals surface area contributed by atoms with Crippen LogP contribution in [0.4, 0.5) is 0 Å². The maximum atomic E-state index is 5.86. The molecule has 1 rings (SSSR count). The van der Waals surface area contributed by atoms with Gasteiger partial charge in [0, 0.05) is 30.2 Å². The van der Waals surface area contributed by atoms with Crippen molar-refractivity contribution < 1.29 is 0 Å². The SMILES string of the molecule is CCCCCCN=C(CN)Cc1ccc(Cl)cc1.Cl.Cl. The van der Waals surface area contributed by atoms with Crippen molar-refractivity contribution in [2.24, 2.45) is 10.7 Å². The van der Waals surface area contributed by atoms with E-state index in [-0.39, 0.29) is 24.8 Å². The summed E-state index contributed by atoms with van der Waals surface area (Å²) in [5.74, 6) is 0. The van der Waals surface area contributed by atoms with Crippen LogP contribution >= 0.6 is 36.4 Å². The molecule has 1 aromatic rings. The van der Waals surface area contributed by atoms with Crippen molar-refractivity contribution in [1.82, 2.24) is 0 Å². The first-order valence-electron chi connectivity index (χ1n) is 6.73. The van der Waals surface area contributed by atoms with Gasteiger partial charge >= 0.3 is 0 Å². The largest absolute Gasteiger partial charge is 0.325 e. The van der Waals surface area contributed by atoms with Crippen molar-refractivity contribution in [2.75, 3.05) is 13.1 Å². The molecule has 0 saturated carbocycles. The van der Waals surface area contributed by atoms with Crippen LogP contribution in [-0.4, -0.2) is 18.8 Å². The van der Waals surface area contributed by atoms with E-state index in [0.717, 1.165) is 30.1 Å². The summed E-state index contributed by atoms with van der Waals surface area (Å²) in [5, 5.41) is 0.768. The highest BCUT2D eigenvalue weighted by Crippen LogP contribution is 2.10. The Kier molecular flexibility index (Phi) is 15.1. The van der Waals surface area contributed by atoms with Crippen molar-refractivity contribution in [3.63, 3.8) is 0 Å². The lowest BCUT2D eigenvalue weighted by Gasteiger charge is -2.05. The molecule has 0 atom stereocenters. The molecule has 0 unspecified atom stereocenters. The topological polar surface area (TPSA) is 38.4 Å². The second kappa shape index (κ2) is 13.7. The van der Waals surface area contributed by atoms with E-state index in [1.807, 2.05) is 24.3 Å². The van der Waals surface area contributed by atoms with Gasteiger partial charge in [0.2, 0.25) is 0 Å². The predicted octanol–water partition coefficient (Wildman–Crippen LogP) is 4.71. The monoisotopic (exact) mass is 338 g/mol. The van der Waals surface area contributed by atoms with E-state index in [2.05, 4.69) is 11.9 Å². The molecule has 5 heteroatoms. The van der Waals surface area contributed by atoms with Gasteiger partial charge < -0.3 is 5.73 Å². The first kappa shape index (κ1) is 22.0. The lowest BCUT2D eigenvalue weighted by Crippen LogP contribution is -2.17. The average Bonchev–Trinajstić information content (AvgIpc) is 2.39. The number of nitrogens with zero attached hydrogens (tertiary/aromatic N) is 1. The number of rotatable bonds is 8. The van der Waals surface area contributed by atoms with Crippen LogP contribution in [-0.2, 0) is 6.42 Å². The molecule has 0 aliphatic carbocycles. The summed E-state index contributed by atoms with van der Waals surface area (Å²) in [6.45, 7) is 3.66. The van der Waals surface area contributed by atoms with Crippen LogP contribution < -0.4 is 5.73 Å². The smallest absolute Gasteiger partial charge is 0.0406 e. The molecule has 0 heterocycles. The Balaban J connectivity index is 0.